The normalized spacial score (nSPS) is 14.1. The maximum absolute atomic E-state index is 9.31. The van der Waals surface area contributed by atoms with E-state index in [1.807, 2.05) is 36.4 Å². The van der Waals surface area contributed by atoms with Crippen LogP contribution in [0.5, 0.6) is 11.5 Å². The van der Waals surface area contributed by atoms with Gasteiger partial charge in [0, 0.05) is 5.56 Å². The SMILES string of the molecule is COc1ccc2c(c1)-c1cccc(OC)c1/C2=N/O. The second kappa shape index (κ2) is 4.31. The minimum atomic E-state index is 0.533. The quantitative estimate of drug-likeness (QED) is 0.566. The van der Waals surface area contributed by atoms with E-state index in [0.717, 1.165) is 28.0 Å². The second-order valence-electron chi connectivity index (χ2n) is 4.24. The van der Waals surface area contributed by atoms with Crippen LogP contribution in [0.25, 0.3) is 11.1 Å². The molecule has 4 nitrogen and oxygen atoms in total. The smallest absolute Gasteiger partial charge is 0.129 e. The second-order valence-corrected chi connectivity index (χ2v) is 4.24. The van der Waals surface area contributed by atoms with Gasteiger partial charge in [0.05, 0.1) is 19.8 Å². The highest BCUT2D eigenvalue weighted by Gasteiger charge is 2.28. The molecule has 0 radical (unpaired) electrons. The van der Waals surface area contributed by atoms with Gasteiger partial charge >= 0.3 is 0 Å². The van der Waals surface area contributed by atoms with Crippen LogP contribution in [0.3, 0.4) is 0 Å². The maximum Gasteiger partial charge on any atom is 0.129 e. The van der Waals surface area contributed by atoms with Crippen molar-refractivity contribution in [3.8, 4) is 22.6 Å². The molecule has 0 fully saturated rings. The van der Waals surface area contributed by atoms with E-state index < -0.39 is 0 Å². The largest absolute Gasteiger partial charge is 0.497 e. The zero-order chi connectivity index (χ0) is 13.4. The van der Waals surface area contributed by atoms with Gasteiger partial charge in [-0.1, -0.05) is 17.3 Å². The summed E-state index contributed by atoms with van der Waals surface area (Å²) in [6.45, 7) is 0. The third kappa shape index (κ3) is 1.57. The van der Waals surface area contributed by atoms with E-state index in [9.17, 15) is 5.21 Å². The minimum Gasteiger partial charge on any atom is -0.497 e. The van der Waals surface area contributed by atoms with Gasteiger partial charge in [-0.2, -0.15) is 0 Å². The van der Waals surface area contributed by atoms with Crippen LogP contribution in [-0.2, 0) is 0 Å². The Morgan fingerprint density at radius 3 is 2.47 bits per heavy atom. The number of nitrogens with zero attached hydrogens (tertiary/aromatic N) is 1. The number of benzene rings is 2. The highest BCUT2D eigenvalue weighted by molar-refractivity contribution is 6.25. The predicted octanol–water partition coefficient (Wildman–Crippen LogP) is 2.91. The molecule has 0 bridgehead atoms. The Labute approximate surface area is 110 Å². The van der Waals surface area contributed by atoms with Crippen LogP contribution in [0.15, 0.2) is 41.6 Å². The van der Waals surface area contributed by atoms with E-state index in [0.29, 0.717) is 11.5 Å². The molecule has 0 aliphatic heterocycles. The summed E-state index contributed by atoms with van der Waals surface area (Å²) in [4.78, 5) is 0. The van der Waals surface area contributed by atoms with E-state index in [1.165, 1.54) is 0 Å². The van der Waals surface area contributed by atoms with Crippen LogP contribution in [0, 0.1) is 0 Å². The van der Waals surface area contributed by atoms with Crippen molar-refractivity contribution in [2.75, 3.05) is 14.2 Å². The van der Waals surface area contributed by atoms with E-state index >= 15 is 0 Å². The molecule has 1 aliphatic rings. The molecule has 0 unspecified atom stereocenters. The number of hydrogen-bond donors (Lipinski definition) is 1. The van der Waals surface area contributed by atoms with Gasteiger partial charge in [0.2, 0.25) is 0 Å². The van der Waals surface area contributed by atoms with E-state index in [2.05, 4.69) is 5.16 Å². The first-order valence-corrected chi connectivity index (χ1v) is 5.88. The van der Waals surface area contributed by atoms with Crippen LogP contribution in [0.2, 0.25) is 0 Å². The number of rotatable bonds is 2. The molecule has 96 valence electrons. The zero-order valence-electron chi connectivity index (χ0n) is 10.7. The Bertz CT molecular complexity index is 677. The molecule has 0 amide bonds. The van der Waals surface area contributed by atoms with Crippen LogP contribution >= 0.6 is 0 Å². The molecule has 0 saturated carbocycles. The summed E-state index contributed by atoms with van der Waals surface area (Å²) in [7, 11) is 3.23. The lowest BCUT2D eigenvalue weighted by molar-refractivity contribution is 0.319. The Hall–Kier alpha value is -2.49. The monoisotopic (exact) mass is 255 g/mol. The summed E-state index contributed by atoms with van der Waals surface area (Å²) in [5.74, 6) is 1.46. The standard InChI is InChI=1S/C15H13NO3/c1-18-9-6-7-11-12(8-9)10-4-3-5-13(19-2)14(10)15(11)16-17/h3-8,17H,1-2H3/b16-15+. The summed E-state index contributed by atoms with van der Waals surface area (Å²) in [5, 5.41) is 12.7. The predicted molar refractivity (Wildman–Crippen MR) is 72.4 cm³/mol. The van der Waals surface area contributed by atoms with Crippen molar-refractivity contribution in [1.29, 1.82) is 0 Å². The summed E-state index contributed by atoms with van der Waals surface area (Å²) in [6.07, 6.45) is 0. The van der Waals surface area contributed by atoms with Gasteiger partial charge in [0.15, 0.2) is 0 Å². The Kier molecular flexibility index (Phi) is 2.63. The molecule has 0 aromatic heterocycles. The Balaban J connectivity index is 2.33. The van der Waals surface area contributed by atoms with Gasteiger partial charge < -0.3 is 14.7 Å². The van der Waals surface area contributed by atoms with Crippen LogP contribution in [-0.4, -0.2) is 25.1 Å². The lowest BCUT2D eigenvalue weighted by Crippen LogP contribution is -2.00. The molecule has 19 heavy (non-hydrogen) atoms. The highest BCUT2D eigenvalue weighted by atomic mass is 16.5. The Morgan fingerprint density at radius 1 is 0.947 bits per heavy atom. The number of hydrogen-bond acceptors (Lipinski definition) is 4. The lowest BCUT2D eigenvalue weighted by atomic mass is 10.1. The zero-order valence-corrected chi connectivity index (χ0v) is 10.7. The summed E-state index contributed by atoms with van der Waals surface area (Å²) >= 11 is 0. The Morgan fingerprint density at radius 2 is 1.79 bits per heavy atom. The van der Waals surface area contributed by atoms with Gasteiger partial charge in [-0.05, 0) is 35.4 Å². The average molecular weight is 255 g/mol. The molecule has 4 heteroatoms. The molecule has 1 N–H and O–H groups in total. The molecule has 1 aliphatic carbocycles. The topological polar surface area (TPSA) is 51.0 Å². The van der Waals surface area contributed by atoms with Crippen molar-refractivity contribution in [3.63, 3.8) is 0 Å². The van der Waals surface area contributed by atoms with Crippen LogP contribution in [0.1, 0.15) is 11.1 Å². The molecular formula is C15H13NO3. The fourth-order valence-corrected chi connectivity index (χ4v) is 2.49. The molecule has 0 spiro atoms. The highest BCUT2D eigenvalue weighted by Crippen LogP contribution is 2.42. The minimum absolute atomic E-state index is 0.533. The van der Waals surface area contributed by atoms with Crippen molar-refractivity contribution in [2.24, 2.45) is 5.16 Å². The molecular weight excluding hydrogens is 242 g/mol. The third-order valence-electron chi connectivity index (χ3n) is 3.35. The third-order valence-corrected chi connectivity index (χ3v) is 3.35. The van der Waals surface area contributed by atoms with Gasteiger partial charge in [-0.25, -0.2) is 0 Å². The molecule has 3 rings (SSSR count). The summed E-state index contributed by atoms with van der Waals surface area (Å²) < 4.78 is 10.6. The molecule has 2 aromatic carbocycles. The molecule has 2 aromatic rings. The number of fused-ring (bicyclic) bond motifs is 3. The van der Waals surface area contributed by atoms with E-state index in [-0.39, 0.29) is 0 Å². The van der Waals surface area contributed by atoms with Crippen molar-refractivity contribution in [3.05, 3.63) is 47.5 Å². The van der Waals surface area contributed by atoms with Crippen molar-refractivity contribution < 1.29 is 14.7 Å². The summed E-state index contributed by atoms with van der Waals surface area (Å²) in [5.41, 5.74) is 4.20. The average Bonchev–Trinajstić information content (AvgIpc) is 2.80. The summed E-state index contributed by atoms with van der Waals surface area (Å²) in [6, 6.07) is 11.4. The van der Waals surface area contributed by atoms with E-state index in [1.54, 1.807) is 14.2 Å². The molecule has 0 saturated heterocycles. The van der Waals surface area contributed by atoms with Crippen LogP contribution in [0.4, 0.5) is 0 Å². The lowest BCUT2D eigenvalue weighted by Gasteiger charge is -2.06. The maximum atomic E-state index is 9.31. The van der Waals surface area contributed by atoms with Gasteiger partial charge in [-0.15, -0.1) is 0 Å². The first-order valence-electron chi connectivity index (χ1n) is 5.88. The van der Waals surface area contributed by atoms with Gasteiger partial charge in [0.1, 0.15) is 17.2 Å². The fraction of sp³-hybridized carbons (Fsp3) is 0.133. The fourth-order valence-electron chi connectivity index (χ4n) is 2.49. The molecule has 0 heterocycles. The number of methoxy groups -OCH3 is 2. The molecule has 0 atom stereocenters. The van der Waals surface area contributed by atoms with Crippen molar-refractivity contribution in [1.82, 2.24) is 0 Å². The van der Waals surface area contributed by atoms with Crippen molar-refractivity contribution in [2.45, 2.75) is 0 Å². The van der Waals surface area contributed by atoms with Crippen LogP contribution < -0.4 is 9.47 Å². The number of ether oxygens (including phenoxy) is 2. The first kappa shape index (κ1) is 11.6. The van der Waals surface area contributed by atoms with E-state index in [4.69, 9.17) is 9.47 Å². The van der Waals surface area contributed by atoms with Gasteiger partial charge in [-0.3, -0.25) is 0 Å². The van der Waals surface area contributed by atoms with Gasteiger partial charge in [0.25, 0.3) is 0 Å². The first-order chi connectivity index (χ1) is 9.30. The van der Waals surface area contributed by atoms with Crippen molar-refractivity contribution >= 4 is 5.71 Å². The number of oxime groups is 1.